The molecule has 8 N–H and O–H groups in total. The van der Waals surface area contributed by atoms with Crippen molar-refractivity contribution in [3.63, 3.8) is 0 Å². The Labute approximate surface area is 895 Å². The lowest BCUT2D eigenvalue weighted by molar-refractivity contribution is 0.297. The number of rotatable bonds is 44. The summed E-state index contributed by atoms with van der Waals surface area (Å²) in [5.41, 5.74) is -7.50. The second-order valence-corrected chi connectivity index (χ2v) is 41.0. The normalized spacial score (nSPS) is 22.0. The fourth-order valence-electron chi connectivity index (χ4n) is 16.4. The summed E-state index contributed by atoms with van der Waals surface area (Å²) in [7, 11) is -10.8. The molecule has 784 valence electrons. The van der Waals surface area contributed by atoms with Crippen LogP contribution in [-0.2, 0) is 93.6 Å². The molecule has 0 amide bonds. The van der Waals surface area contributed by atoms with Crippen LogP contribution in [0.4, 0.5) is 0 Å². The number of hydrogen-bond acceptors (Lipinski definition) is 28. The van der Waals surface area contributed by atoms with E-state index in [-0.39, 0.29) is 187 Å². The van der Waals surface area contributed by atoms with E-state index in [0.717, 1.165) is 50.1 Å². The maximum absolute atomic E-state index is 13.5. The third-order valence-electron chi connectivity index (χ3n) is 23.8. The van der Waals surface area contributed by atoms with E-state index in [0.29, 0.717) is 96.1 Å². The van der Waals surface area contributed by atoms with Crippen molar-refractivity contribution >= 4 is 84.2 Å². The summed E-state index contributed by atoms with van der Waals surface area (Å²) in [5.74, 6) is -0.413. The van der Waals surface area contributed by atoms with Crippen LogP contribution in [-0.4, -0.2) is 263 Å². The van der Waals surface area contributed by atoms with Gasteiger partial charge in [-0.25, -0.2) is 72.5 Å². The lowest BCUT2D eigenvalue weighted by Crippen LogP contribution is -2.31. The van der Waals surface area contributed by atoms with Gasteiger partial charge in [0.25, 0.3) is 22.2 Å². The largest absolute Gasteiger partial charge is 0.493 e. The first-order valence-electron chi connectivity index (χ1n) is 65.3. The zero-order chi connectivity index (χ0) is 135. The third-order valence-corrected chi connectivity index (χ3v) is 29.1. The summed E-state index contributed by atoms with van der Waals surface area (Å²) in [5, 5.41) is 15.8. The maximum Gasteiger partial charge on any atom is 0.277 e. The van der Waals surface area contributed by atoms with Crippen molar-refractivity contribution in [3.8, 4) is 68.5 Å². The van der Waals surface area contributed by atoms with Crippen LogP contribution in [0.3, 0.4) is 0 Å². The van der Waals surface area contributed by atoms with Crippen molar-refractivity contribution in [1.29, 1.82) is 0 Å². The Balaban J connectivity index is 0.000000196. The molecule has 40 nitrogen and oxygen atoms in total. The number of nitrogens with one attached hydrogen (secondary N) is 8. The topological polar surface area (TPSA) is 489 Å². The Kier molecular flexibility index (Phi) is 24.2. The van der Waals surface area contributed by atoms with E-state index in [1.165, 1.54) is 48.5 Å². The minimum absolute atomic E-state index is 0.00815. The predicted molar refractivity (Wildman–Crippen MR) is 559 cm³/mol. The van der Waals surface area contributed by atoms with Gasteiger partial charge in [-0.1, -0.05) is 80.8 Å². The highest BCUT2D eigenvalue weighted by Crippen LogP contribution is 2.38. The number of benzene rings is 4. The molecule has 44 heteroatoms. The van der Waals surface area contributed by atoms with E-state index >= 15 is 0 Å². The Morgan fingerprint density at radius 1 is 0.361 bits per heavy atom. The van der Waals surface area contributed by atoms with Crippen LogP contribution in [0.15, 0.2) is 112 Å². The SMILES string of the molecule is [2H]C(NS(=O)(=O)c1ccc(OCCC)c(-c2nc3c(CCC([2H])([2H])[2H])nn(C([2H])([2H])[2H])c3c(=O)[nH]2)c1)C([2H])([2H])C1CCCN1C.[2H]C([2H])([2H])CC([2H])([2H])c1nn(C([2H])([2H])[2H])c2c(=O)[nH]c(-c3cc(S(=O)(=O)NCC([2H])([2H])C4CCCN4C)ccc3OCCC)nc12.[2H]C([2H])([2H])CCc1nn(C([2H])([2H])[2H])c2c(=O)[nH]c(-c3cc(S(=O)(=O)NC([2H])([2H])C([2H])([2H])C4CCCN4C)ccc3OCCC)nc12.[2H]C([2H])([2H])CCc1nn(C([2H])([2H])[2H])c2c(=O)[nH]c(-c3cc(S(=O)(=O)NCC([2H])([2H])C4CCCN4C)ccc3OCCC)nc12. The third kappa shape index (κ3) is 26.5. The summed E-state index contributed by atoms with van der Waals surface area (Å²) in [6, 6.07) is 12.3. The molecule has 0 aliphatic carbocycles. The lowest BCUT2D eigenvalue weighted by Gasteiger charge is -2.19. The van der Waals surface area contributed by atoms with E-state index < -0.39 is 239 Å². The van der Waals surface area contributed by atoms with E-state index in [9.17, 15) is 52.8 Å². The first-order valence-corrected chi connectivity index (χ1v) is 52.7. The van der Waals surface area contributed by atoms with Gasteiger partial charge in [-0.2, -0.15) is 20.4 Å². The van der Waals surface area contributed by atoms with Crippen molar-refractivity contribution in [2.75, 3.05) is 107 Å². The number of aromatic nitrogens is 16. The molecule has 4 aliphatic heterocycles. The fourth-order valence-corrected chi connectivity index (χ4v) is 20.0. The number of aryl methyl sites for hydroxylation is 8. The highest BCUT2D eigenvalue weighted by atomic mass is 32.2. The second-order valence-electron chi connectivity index (χ2n) is 34.1. The van der Waals surface area contributed by atoms with Gasteiger partial charge in [0.1, 0.15) is 68.4 Å². The summed E-state index contributed by atoms with van der Waals surface area (Å²) in [6.07, 6.45) is -6.85. The minimum atomic E-state index is -4.73. The van der Waals surface area contributed by atoms with Gasteiger partial charge in [0.15, 0.2) is 22.1 Å². The molecule has 12 heterocycles. The van der Waals surface area contributed by atoms with E-state index in [4.69, 9.17) is 69.7 Å². The fraction of sp³-hybridized carbons (Fsp3) is 0.560. The van der Waals surface area contributed by atoms with Crippen LogP contribution in [0, 0.1) is 0 Å². The van der Waals surface area contributed by atoms with Crippen molar-refractivity contribution in [1.82, 2.24) is 117 Å². The monoisotopic (exact) mass is 2100 g/mol. The number of H-pyrrole nitrogens is 4. The Bertz CT molecular complexity index is 8900. The summed E-state index contributed by atoms with van der Waals surface area (Å²) < 4.78 is 435. The van der Waals surface area contributed by atoms with Crippen LogP contribution in [0.1, 0.15) is 257 Å². The first kappa shape index (κ1) is 69.9. The zero-order valence-electron chi connectivity index (χ0n) is 118. The zero-order valence-corrected chi connectivity index (χ0v) is 83.9. The van der Waals surface area contributed by atoms with Gasteiger partial charge in [-0.05, 0) is 255 Å². The molecular formula is C100H144N24O16S4. The number of nitrogens with zero attached hydrogens (tertiary/aromatic N) is 16. The quantitative estimate of drug-likeness (QED) is 0.0176. The molecule has 16 rings (SSSR count). The van der Waals surface area contributed by atoms with E-state index in [1.54, 1.807) is 38.0 Å². The minimum Gasteiger partial charge on any atom is -0.493 e. The standard InChI is InChI=1S/4C25H36N6O4S/c4*1-5-8-20-22-23(31(4)29-20)25(32)28-24(27-22)19-16-18(10-11-21(19)35-15-6-2)36(33,34)26-13-12-17-9-7-14-30(17)3/h4*10-11,16-17,26H,5-9,12-15H2,1-4H3,(H,27,28,32)/i1D3,4D3,12D2,13D2;1D3,4D3,12D2,13D;1D3,4D3,8D2,12D2;1D3,4D3,12D2. The number of sulfonamides is 4. The Morgan fingerprint density at radius 3 is 0.924 bits per heavy atom. The van der Waals surface area contributed by atoms with Crippen molar-refractivity contribution in [3.05, 3.63) is 137 Å². The average Bonchev–Trinajstić information content (AvgIpc) is 1.55. The highest BCUT2D eigenvalue weighted by molar-refractivity contribution is 7.90. The van der Waals surface area contributed by atoms with Crippen molar-refractivity contribution in [2.24, 2.45) is 27.9 Å². The van der Waals surface area contributed by atoms with Crippen LogP contribution >= 0.6 is 0 Å². The van der Waals surface area contributed by atoms with Gasteiger partial charge in [-0.3, -0.25) is 37.9 Å². The molecule has 0 spiro atoms. The first-order chi connectivity index (χ1) is 83.3. The van der Waals surface area contributed by atoms with Crippen LogP contribution in [0.25, 0.3) is 89.7 Å². The van der Waals surface area contributed by atoms with E-state index in [2.05, 4.69) is 74.4 Å². The van der Waals surface area contributed by atoms with Crippen molar-refractivity contribution in [2.45, 2.75) is 253 Å². The summed E-state index contributed by atoms with van der Waals surface area (Å²) in [4.78, 5) is 86.4. The van der Waals surface area contributed by atoms with Crippen LogP contribution in [0.2, 0.25) is 0 Å². The van der Waals surface area contributed by atoms with Crippen molar-refractivity contribution < 1.29 is 103 Å². The molecule has 4 saturated heterocycles. The molecule has 0 bridgehead atoms. The molecule has 4 fully saturated rings. The molecule has 0 saturated carbocycles. The molecule has 8 aromatic heterocycles. The van der Waals surface area contributed by atoms with Gasteiger partial charge in [0.05, 0.1) is 91.0 Å². The number of fused-ring (bicyclic) bond motifs is 4. The molecular weight excluding hydrogens is 1920 g/mol. The Hall–Kier alpha value is -11.0. The van der Waals surface area contributed by atoms with Gasteiger partial charge in [0.2, 0.25) is 40.1 Å². The highest BCUT2D eigenvalue weighted by Gasteiger charge is 2.32. The summed E-state index contributed by atoms with van der Waals surface area (Å²) >= 11 is 0. The molecule has 144 heavy (non-hydrogen) atoms. The van der Waals surface area contributed by atoms with Gasteiger partial charge < -0.3 is 58.5 Å². The van der Waals surface area contributed by atoms with Gasteiger partial charge in [-0.15, -0.1) is 0 Å². The van der Waals surface area contributed by atoms with E-state index in [1.807, 2.05) is 42.2 Å². The molecule has 5 atom stereocenters. The van der Waals surface area contributed by atoms with Crippen LogP contribution in [0.5, 0.6) is 23.0 Å². The number of aromatic amines is 4. The smallest absolute Gasteiger partial charge is 0.277 e. The molecule has 4 aromatic carbocycles. The molecule has 0 radical (unpaired) electrons. The molecule has 12 aromatic rings. The average molecular weight is 2100 g/mol. The number of ether oxygens (including phenoxy) is 4. The predicted octanol–water partition coefficient (Wildman–Crippen LogP) is 11.3. The second kappa shape index (κ2) is 49.9. The lowest BCUT2D eigenvalue weighted by atomic mass is 10.1. The summed E-state index contributed by atoms with van der Waals surface area (Å²) in [6.45, 7) is -16.7. The number of hydrogen-bond donors (Lipinski definition) is 8. The molecule has 5 unspecified atom stereocenters. The maximum atomic E-state index is 13.5. The van der Waals surface area contributed by atoms with Crippen LogP contribution < -0.4 is 60.1 Å². The number of likely N-dealkylation sites (tertiary alicyclic amines) is 4. The molecule has 4 aliphatic rings. The van der Waals surface area contributed by atoms with Gasteiger partial charge in [0, 0.05) is 129 Å². The Morgan fingerprint density at radius 2 is 0.639 bits per heavy atom. The van der Waals surface area contributed by atoms with Gasteiger partial charge >= 0.3 is 0 Å².